The summed E-state index contributed by atoms with van der Waals surface area (Å²) in [5.74, 6) is -1.83. The summed E-state index contributed by atoms with van der Waals surface area (Å²) >= 11 is 0. The SMILES string of the molecule is CC(=O)c1cc(-c2ccc(F)cc2F)c2c(n1)O[C@H](CNCC(F)(F)F)CC2. The van der Waals surface area contributed by atoms with Crippen molar-refractivity contribution >= 4 is 5.78 Å². The number of Topliss-reactive ketones (excluding diaryl/α,β-unsaturated/α-hetero) is 1. The van der Waals surface area contributed by atoms with E-state index in [0.29, 0.717) is 24.0 Å². The predicted octanol–water partition coefficient (Wildman–Crippen LogP) is 4.07. The lowest BCUT2D eigenvalue weighted by atomic mass is 9.93. The molecule has 150 valence electrons. The molecule has 28 heavy (non-hydrogen) atoms. The molecule has 1 aliphatic rings. The van der Waals surface area contributed by atoms with E-state index in [1.165, 1.54) is 19.1 Å². The topological polar surface area (TPSA) is 51.2 Å². The lowest BCUT2D eigenvalue weighted by Gasteiger charge is -2.27. The van der Waals surface area contributed by atoms with Crippen molar-refractivity contribution in [1.29, 1.82) is 0 Å². The van der Waals surface area contributed by atoms with Crippen molar-refractivity contribution in [3.05, 3.63) is 47.2 Å². The first-order valence-corrected chi connectivity index (χ1v) is 8.58. The van der Waals surface area contributed by atoms with Crippen LogP contribution < -0.4 is 10.1 Å². The van der Waals surface area contributed by atoms with Gasteiger partial charge in [-0.1, -0.05) is 0 Å². The van der Waals surface area contributed by atoms with Gasteiger partial charge >= 0.3 is 6.18 Å². The van der Waals surface area contributed by atoms with Crippen LogP contribution >= 0.6 is 0 Å². The molecule has 1 aliphatic heterocycles. The molecule has 2 aromatic rings. The van der Waals surface area contributed by atoms with E-state index in [2.05, 4.69) is 10.3 Å². The van der Waals surface area contributed by atoms with Gasteiger partial charge in [0.05, 0.1) is 6.54 Å². The molecule has 1 N–H and O–H groups in total. The number of pyridine rings is 1. The Bertz CT molecular complexity index is 899. The molecule has 4 nitrogen and oxygen atoms in total. The van der Waals surface area contributed by atoms with Crippen molar-refractivity contribution < 1.29 is 31.5 Å². The number of carbonyl (C=O) groups excluding carboxylic acids is 1. The van der Waals surface area contributed by atoms with Gasteiger partial charge in [-0.05, 0) is 36.6 Å². The normalized spacial score (nSPS) is 16.4. The number of nitrogens with one attached hydrogen (secondary N) is 1. The molecule has 3 rings (SSSR count). The van der Waals surface area contributed by atoms with Crippen molar-refractivity contribution in [2.24, 2.45) is 0 Å². The fraction of sp³-hybridized carbons (Fsp3) is 0.368. The van der Waals surface area contributed by atoms with Crippen LogP contribution in [0.2, 0.25) is 0 Å². The van der Waals surface area contributed by atoms with Gasteiger partial charge in [0.25, 0.3) is 0 Å². The quantitative estimate of drug-likeness (QED) is 0.607. The number of carbonyl (C=O) groups is 1. The Morgan fingerprint density at radius 1 is 1.25 bits per heavy atom. The minimum absolute atomic E-state index is 0.0291. The molecule has 2 heterocycles. The second-order valence-electron chi connectivity index (χ2n) is 6.54. The lowest BCUT2D eigenvalue weighted by Crippen LogP contribution is -2.39. The molecule has 1 aromatic carbocycles. The molecule has 0 unspecified atom stereocenters. The molecular weight excluding hydrogens is 383 g/mol. The van der Waals surface area contributed by atoms with Gasteiger partial charge in [0.15, 0.2) is 5.78 Å². The Morgan fingerprint density at radius 2 is 2.00 bits per heavy atom. The van der Waals surface area contributed by atoms with Crippen LogP contribution in [0.4, 0.5) is 22.0 Å². The fourth-order valence-electron chi connectivity index (χ4n) is 3.06. The van der Waals surface area contributed by atoms with Crippen molar-refractivity contribution in [2.75, 3.05) is 13.1 Å². The summed E-state index contributed by atoms with van der Waals surface area (Å²) < 4.78 is 70.1. The molecule has 0 bridgehead atoms. The standard InChI is InChI=1S/C19H17F5N2O2/c1-10(27)17-7-15(13-4-2-11(20)6-16(13)21)14-5-3-12(28-18(14)26-17)8-25-9-19(22,23)24/h2,4,6-7,12,25H,3,5,8-9H2,1H3/t12-/m0/s1. The molecule has 0 radical (unpaired) electrons. The van der Waals surface area contributed by atoms with E-state index in [4.69, 9.17) is 4.74 Å². The van der Waals surface area contributed by atoms with Gasteiger partial charge in [-0.25, -0.2) is 13.8 Å². The van der Waals surface area contributed by atoms with Crippen molar-refractivity contribution in [2.45, 2.75) is 32.0 Å². The molecule has 0 amide bonds. The number of benzene rings is 1. The minimum atomic E-state index is -4.33. The summed E-state index contributed by atoms with van der Waals surface area (Å²) in [5.41, 5.74) is 1.01. The van der Waals surface area contributed by atoms with E-state index in [1.54, 1.807) is 0 Å². The second-order valence-corrected chi connectivity index (χ2v) is 6.54. The summed E-state index contributed by atoms with van der Waals surface area (Å²) in [4.78, 5) is 15.9. The number of ether oxygens (including phenoxy) is 1. The summed E-state index contributed by atoms with van der Waals surface area (Å²) in [6, 6.07) is 4.53. The average molecular weight is 400 g/mol. The van der Waals surface area contributed by atoms with E-state index in [9.17, 15) is 26.7 Å². The van der Waals surface area contributed by atoms with E-state index >= 15 is 0 Å². The molecule has 0 fully saturated rings. The number of hydrogen-bond donors (Lipinski definition) is 1. The molecule has 0 saturated heterocycles. The first kappa shape index (κ1) is 20.2. The zero-order valence-corrected chi connectivity index (χ0v) is 14.9. The Kier molecular flexibility index (Phi) is 5.64. The molecule has 9 heteroatoms. The third kappa shape index (κ3) is 4.64. The van der Waals surface area contributed by atoms with Crippen molar-refractivity contribution in [3.8, 4) is 17.0 Å². The van der Waals surface area contributed by atoms with Crippen LogP contribution in [0.15, 0.2) is 24.3 Å². The molecule has 0 aliphatic carbocycles. The molecular formula is C19H17F5N2O2. The molecule has 1 atom stereocenters. The number of nitrogens with zero attached hydrogens (tertiary/aromatic N) is 1. The van der Waals surface area contributed by atoms with Crippen LogP contribution in [0.25, 0.3) is 11.1 Å². The number of rotatable bonds is 5. The minimum Gasteiger partial charge on any atom is -0.473 e. The van der Waals surface area contributed by atoms with E-state index < -0.39 is 30.5 Å². The van der Waals surface area contributed by atoms with Gasteiger partial charge in [-0.2, -0.15) is 13.2 Å². The Hall–Kier alpha value is -2.55. The van der Waals surface area contributed by atoms with Crippen LogP contribution in [0.1, 0.15) is 29.4 Å². The number of halogens is 5. The van der Waals surface area contributed by atoms with Crippen molar-refractivity contribution in [3.63, 3.8) is 0 Å². The van der Waals surface area contributed by atoms with Crippen LogP contribution in [0, 0.1) is 11.6 Å². The highest BCUT2D eigenvalue weighted by molar-refractivity contribution is 5.94. The van der Waals surface area contributed by atoms with Crippen LogP contribution in [-0.4, -0.2) is 36.1 Å². The Labute approximate surface area is 157 Å². The first-order valence-electron chi connectivity index (χ1n) is 8.58. The van der Waals surface area contributed by atoms with Crippen LogP contribution in [0.3, 0.4) is 0 Å². The first-order chi connectivity index (χ1) is 13.1. The van der Waals surface area contributed by atoms with Gasteiger partial charge in [-0.15, -0.1) is 0 Å². The van der Waals surface area contributed by atoms with Crippen molar-refractivity contribution in [1.82, 2.24) is 10.3 Å². The molecule has 1 aromatic heterocycles. The predicted molar refractivity (Wildman–Crippen MR) is 91.3 cm³/mol. The van der Waals surface area contributed by atoms with E-state index in [1.807, 2.05) is 0 Å². The highest BCUT2D eigenvalue weighted by atomic mass is 19.4. The zero-order chi connectivity index (χ0) is 20.5. The van der Waals surface area contributed by atoms with Gasteiger partial charge in [0.2, 0.25) is 5.88 Å². The highest BCUT2D eigenvalue weighted by Gasteiger charge is 2.29. The smallest absolute Gasteiger partial charge is 0.401 e. The summed E-state index contributed by atoms with van der Waals surface area (Å²) in [6.45, 7) is 0.0859. The number of aromatic nitrogens is 1. The number of alkyl halides is 3. The Balaban J connectivity index is 1.92. The maximum Gasteiger partial charge on any atom is 0.401 e. The lowest BCUT2D eigenvalue weighted by molar-refractivity contribution is -0.125. The summed E-state index contributed by atoms with van der Waals surface area (Å²) in [7, 11) is 0. The van der Waals surface area contributed by atoms with Crippen LogP contribution in [-0.2, 0) is 6.42 Å². The highest BCUT2D eigenvalue weighted by Crippen LogP contribution is 2.36. The zero-order valence-electron chi connectivity index (χ0n) is 14.9. The number of ketones is 1. The maximum atomic E-state index is 14.3. The van der Waals surface area contributed by atoms with Gasteiger partial charge < -0.3 is 10.1 Å². The average Bonchev–Trinajstić information content (AvgIpc) is 2.59. The van der Waals surface area contributed by atoms with Gasteiger partial charge in [-0.3, -0.25) is 4.79 Å². The van der Waals surface area contributed by atoms with Crippen LogP contribution in [0.5, 0.6) is 5.88 Å². The number of hydrogen-bond acceptors (Lipinski definition) is 4. The van der Waals surface area contributed by atoms with Gasteiger partial charge in [0.1, 0.15) is 23.4 Å². The molecule has 0 spiro atoms. The van der Waals surface area contributed by atoms with Gasteiger partial charge in [0, 0.05) is 30.7 Å². The maximum absolute atomic E-state index is 14.3. The second kappa shape index (κ2) is 7.83. The summed E-state index contributed by atoms with van der Waals surface area (Å²) in [6.07, 6.45) is -4.16. The monoisotopic (exact) mass is 400 g/mol. The third-order valence-corrected chi connectivity index (χ3v) is 4.36. The van der Waals surface area contributed by atoms with E-state index in [-0.39, 0.29) is 29.5 Å². The summed E-state index contributed by atoms with van der Waals surface area (Å²) in [5, 5.41) is 2.28. The third-order valence-electron chi connectivity index (χ3n) is 4.36. The molecule has 0 saturated carbocycles. The fourth-order valence-corrected chi connectivity index (χ4v) is 3.06. The Morgan fingerprint density at radius 3 is 2.64 bits per heavy atom. The van der Waals surface area contributed by atoms with E-state index in [0.717, 1.165) is 12.1 Å². The number of fused-ring (bicyclic) bond motifs is 1. The largest absolute Gasteiger partial charge is 0.473 e.